The second kappa shape index (κ2) is 9.00. The number of nitrogens with one attached hydrogen (secondary N) is 1. The molecule has 3 rings (SSSR count). The topological polar surface area (TPSA) is 92.7 Å². The second-order valence-electron chi connectivity index (χ2n) is 6.44. The molecule has 0 radical (unpaired) electrons. The zero-order valence-corrected chi connectivity index (χ0v) is 16.5. The van der Waals surface area contributed by atoms with Crippen molar-refractivity contribution in [1.82, 2.24) is 0 Å². The number of aliphatic hydroxyl groups is 1. The van der Waals surface area contributed by atoms with E-state index < -0.39 is 22.3 Å². The smallest absolute Gasteiger partial charge is 0.297 e. The summed E-state index contributed by atoms with van der Waals surface area (Å²) in [7, 11) is -4.18. The van der Waals surface area contributed by atoms with Crippen LogP contribution in [0.15, 0.2) is 89.8 Å². The van der Waals surface area contributed by atoms with E-state index >= 15 is 0 Å². The van der Waals surface area contributed by atoms with Gasteiger partial charge in [0.1, 0.15) is 12.2 Å². The highest BCUT2D eigenvalue weighted by molar-refractivity contribution is 7.86. The molecule has 0 aromatic heterocycles. The molecule has 0 fully saturated rings. The number of rotatable bonds is 7. The largest absolute Gasteiger partial charge is 0.385 e. The molecule has 0 saturated heterocycles. The van der Waals surface area contributed by atoms with Crippen molar-refractivity contribution < 1.29 is 22.5 Å². The molecule has 0 saturated carbocycles. The summed E-state index contributed by atoms with van der Waals surface area (Å²) < 4.78 is 31.2. The van der Waals surface area contributed by atoms with Crippen LogP contribution in [0.3, 0.4) is 0 Å². The minimum absolute atomic E-state index is 0.0761. The van der Waals surface area contributed by atoms with Gasteiger partial charge < -0.3 is 10.4 Å². The number of benzene rings is 3. The molecule has 0 aliphatic rings. The van der Waals surface area contributed by atoms with Crippen LogP contribution in [0.1, 0.15) is 30.3 Å². The van der Waals surface area contributed by atoms with Crippen LogP contribution in [0.4, 0.5) is 5.69 Å². The molecule has 0 aliphatic carbocycles. The van der Waals surface area contributed by atoms with Crippen molar-refractivity contribution in [3.63, 3.8) is 0 Å². The van der Waals surface area contributed by atoms with Gasteiger partial charge >= 0.3 is 0 Å². The third-order valence-corrected chi connectivity index (χ3v) is 5.56. The van der Waals surface area contributed by atoms with E-state index in [0.717, 1.165) is 0 Å². The van der Waals surface area contributed by atoms with Gasteiger partial charge in [0, 0.05) is 12.6 Å². The van der Waals surface area contributed by atoms with Crippen LogP contribution in [0.5, 0.6) is 0 Å². The van der Waals surface area contributed by atoms with E-state index in [1.54, 1.807) is 54.6 Å². The quantitative estimate of drug-likeness (QED) is 0.577. The van der Waals surface area contributed by atoms with Gasteiger partial charge in [-0.3, -0.25) is 8.98 Å². The number of carbonyl (C=O) groups is 1. The van der Waals surface area contributed by atoms with Crippen molar-refractivity contribution in [2.24, 2.45) is 0 Å². The Bertz CT molecular complexity index is 1050. The number of anilines is 1. The fourth-order valence-corrected chi connectivity index (χ4v) is 3.93. The van der Waals surface area contributed by atoms with Gasteiger partial charge in [0.15, 0.2) is 0 Å². The van der Waals surface area contributed by atoms with E-state index in [4.69, 9.17) is 4.18 Å². The van der Waals surface area contributed by atoms with E-state index in [9.17, 15) is 18.3 Å². The van der Waals surface area contributed by atoms with Crippen LogP contribution in [0.25, 0.3) is 0 Å². The summed E-state index contributed by atoms with van der Waals surface area (Å²) in [5.41, 5.74) is 1.54. The summed E-state index contributed by atoms with van der Waals surface area (Å²) in [6.45, 7) is 1.36. The van der Waals surface area contributed by atoms with Gasteiger partial charge in [-0.15, -0.1) is 0 Å². The highest BCUT2D eigenvalue weighted by Gasteiger charge is 2.30. The fraction of sp³-hybridized carbons (Fsp3) is 0.136. The first-order valence-corrected chi connectivity index (χ1v) is 10.4. The van der Waals surface area contributed by atoms with Gasteiger partial charge in [0.2, 0.25) is 5.91 Å². The Morgan fingerprint density at radius 1 is 0.862 bits per heavy atom. The molecule has 3 aromatic rings. The van der Waals surface area contributed by atoms with E-state index in [2.05, 4.69) is 5.32 Å². The first kappa shape index (κ1) is 20.7. The average Bonchev–Trinajstić information content (AvgIpc) is 2.73. The standard InChI is InChI=1S/C22H21NO5S/c1-16(24)23-19-12-14-20(15-13-19)29(26,27)28-22(18-10-6-3-7-11-18)21(25)17-8-4-2-5-9-17/h2-15,21-22,25H,1H3,(H,23,24). The van der Waals surface area contributed by atoms with Gasteiger partial charge in [-0.05, 0) is 35.4 Å². The van der Waals surface area contributed by atoms with Crippen LogP contribution in [0, 0.1) is 0 Å². The predicted octanol–water partition coefficient (Wildman–Crippen LogP) is 3.83. The van der Waals surface area contributed by atoms with E-state index in [-0.39, 0.29) is 10.8 Å². The molecule has 29 heavy (non-hydrogen) atoms. The highest BCUT2D eigenvalue weighted by atomic mass is 32.2. The van der Waals surface area contributed by atoms with Crippen LogP contribution in [-0.4, -0.2) is 19.4 Å². The van der Waals surface area contributed by atoms with Gasteiger partial charge in [0.25, 0.3) is 10.1 Å². The Hall–Kier alpha value is -3.00. The molecule has 0 aliphatic heterocycles. The number of carbonyl (C=O) groups excluding carboxylic acids is 1. The minimum Gasteiger partial charge on any atom is -0.385 e. The van der Waals surface area contributed by atoms with E-state index in [1.807, 2.05) is 6.07 Å². The maximum absolute atomic E-state index is 12.9. The maximum atomic E-state index is 12.9. The van der Waals surface area contributed by atoms with Gasteiger partial charge in [-0.2, -0.15) is 8.42 Å². The molecule has 2 unspecified atom stereocenters. The Morgan fingerprint density at radius 3 is 1.90 bits per heavy atom. The lowest BCUT2D eigenvalue weighted by Gasteiger charge is -2.23. The SMILES string of the molecule is CC(=O)Nc1ccc(S(=O)(=O)OC(c2ccccc2)C(O)c2ccccc2)cc1. The van der Waals surface area contributed by atoms with Gasteiger partial charge in [-0.25, -0.2) is 0 Å². The lowest BCUT2D eigenvalue weighted by Crippen LogP contribution is -2.19. The minimum atomic E-state index is -4.18. The summed E-state index contributed by atoms with van der Waals surface area (Å²) in [5.74, 6) is -0.257. The van der Waals surface area contributed by atoms with Crippen molar-refractivity contribution in [2.75, 3.05) is 5.32 Å². The molecule has 150 valence electrons. The third-order valence-electron chi connectivity index (χ3n) is 4.25. The lowest BCUT2D eigenvalue weighted by atomic mass is 9.98. The summed E-state index contributed by atoms with van der Waals surface area (Å²) in [6, 6.07) is 23.1. The van der Waals surface area contributed by atoms with E-state index in [1.165, 1.54) is 31.2 Å². The van der Waals surface area contributed by atoms with Crippen molar-refractivity contribution in [3.05, 3.63) is 96.1 Å². The molecule has 2 atom stereocenters. The first-order chi connectivity index (χ1) is 13.9. The molecule has 0 spiro atoms. The van der Waals surface area contributed by atoms with Gasteiger partial charge in [0.05, 0.1) is 4.90 Å². The Balaban J connectivity index is 1.91. The second-order valence-corrected chi connectivity index (χ2v) is 8.01. The van der Waals surface area contributed by atoms with Crippen LogP contribution in [0.2, 0.25) is 0 Å². The van der Waals surface area contributed by atoms with Gasteiger partial charge in [-0.1, -0.05) is 60.7 Å². The summed E-state index contributed by atoms with van der Waals surface area (Å²) in [5, 5.41) is 13.4. The van der Waals surface area contributed by atoms with Crippen molar-refractivity contribution in [1.29, 1.82) is 0 Å². The molecular weight excluding hydrogens is 390 g/mol. The number of hydrogen-bond acceptors (Lipinski definition) is 5. The monoisotopic (exact) mass is 411 g/mol. The predicted molar refractivity (Wildman–Crippen MR) is 110 cm³/mol. The Kier molecular flexibility index (Phi) is 6.43. The molecule has 1 amide bonds. The average molecular weight is 411 g/mol. The summed E-state index contributed by atoms with van der Waals surface area (Å²) in [6.07, 6.45) is -2.31. The molecule has 6 nitrogen and oxygen atoms in total. The fourth-order valence-electron chi connectivity index (χ4n) is 2.86. The maximum Gasteiger partial charge on any atom is 0.297 e. The Morgan fingerprint density at radius 2 is 1.38 bits per heavy atom. The number of aliphatic hydroxyl groups excluding tert-OH is 1. The zero-order chi connectivity index (χ0) is 20.9. The molecular formula is C22H21NO5S. The first-order valence-electron chi connectivity index (χ1n) is 8.96. The van der Waals surface area contributed by atoms with Crippen LogP contribution < -0.4 is 5.32 Å². The highest BCUT2D eigenvalue weighted by Crippen LogP contribution is 2.35. The molecule has 7 heteroatoms. The number of hydrogen-bond donors (Lipinski definition) is 2. The molecule has 0 bridgehead atoms. The van der Waals surface area contributed by atoms with Crippen LogP contribution >= 0.6 is 0 Å². The summed E-state index contributed by atoms with van der Waals surface area (Å²) in [4.78, 5) is 11.0. The molecule has 0 heterocycles. The normalized spacial score (nSPS) is 13.4. The van der Waals surface area contributed by atoms with E-state index in [0.29, 0.717) is 16.8 Å². The third kappa shape index (κ3) is 5.29. The summed E-state index contributed by atoms with van der Waals surface area (Å²) >= 11 is 0. The van der Waals surface area contributed by atoms with Crippen molar-refractivity contribution >= 4 is 21.7 Å². The van der Waals surface area contributed by atoms with Crippen molar-refractivity contribution in [3.8, 4) is 0 Å². The Labute approximate surface area is 169 Å². The number of amides is 1. The zero-order valence-electron chi connectivity index (χ0n) is 15.7. The lowest BCUT2D eigenvalue weighted by molar-refractivity contribution is -0.114. The van der Waals surface area contributed by atoms with Crippen LogP contribution in [-0.2, 0) is 19.1 Å². The molecule has 2 N–H and O–H groups in total. The molecule has 3 aromatic carbocycles. The van der Waals surface area contributed by atoms with Crippen molar-refractivity contribution in [2.45, 2.75) is 24.0 Å².